The van der Waals surface area contributed by atoms with Gasteiger partial charge in [-0.05, 0) is 47.3 Å². The van der Waals surface area contributed by atoms with Crippen LogP contribution in [0.1, 0.15) is 25.1 Å². The summed E-state index contributed by atoms with van der Waals surface area (Å²) in [4.78, 5) is 17.9. The molecule has 1 aromatic heterocycles. The Bertz CT molecular complexity index is 479. The van der Waals surface area contributed by atoms with E-state index in [1.807, 2.05) is 17.9 Å². The highest BCUT2D eigenvalue weighted by atomic mass is 79.9. The molecule has 2 heterocycles. The van der Waals surface area contributed by atoms with Gasteiger partial charge in [0.05, 0.1) is 16.9 Å². The number of rotatable bonds is 5. The summed E-state index contributed by atoms with van der Waals surface area (Å²) in [5.74, 6) is 0.680. The molecule has 1 saturated heterocycles. The van der Waals surface area contributed by atoms with E-state index < -0.39 is 0 Å². The van der Waals surface area contributed by atoms with Gasteiger partial charge in [0.2, 0.25) is 5.91 Å². The monoisotopic (exact) mass is 373 g/mol. The van der Waals surface area contributed by atoms with Crippen molar-refractivity contribution in [3.63, 3.8) is 0 Å². The molecule has 118 valence electrons. The number of nitrogens with two attached hydrogens (primary N) is 1. The van der Waals surface area contributed by atoms with Crippen LogP contribution in [0.3, 0.4) is 0 Å². The second-order valence-corrected chi connectivity index (χ2v) is 8.33. The van der Waals surface area contributed by atoms with Crippen LogP contribution in [-0.2, 0) is 11.3 Å². The van der Waals surface area contributed by atoms with Crippen molar-refractivity contribution in [1.82, 2.24) is 9.80 Å². The number of carbonyl (C=O) groups excluding carboxylic acids is 1. The topological polar surface area (TPSA) is 49.6 Å². The molecule has 6 heteroatoms. The highest BCUT2D eigenvalue weighted by molar-refractivity contribution is 9.11. The molecule has 2 unspecified atom stereocenters. The number of hydrogen-bond acceptors (Lipinski definition) is 4. The summed E-state index contributed by atoms with van der Waals surface area (Å²) in [5, 5.41) is 0. The van der Waals surface area contributed by atoms with E-state index in [2.05, 4.69) is 33.8 Å². The molecular weight excluding hydrogens is 350 g/mol. The molecule has 2 N–H and O–H groups in total. The predicted molar refractivity (Wildman–Crippen MR) is 91.3 cm³/mol. The third-order valence-electron chi connectivity index (χ3n) is 4.12. The van der Waals surface area contributed by atoms with E-state index >= 15 is 0 Å². The molecule has 0 radical (unpaired) electrons. The van der Waals surface area contributed by atoms with Gasteiger partial charge in [-0.1, -0.05) is 6.92 Å². The zero-order valence-corrected chi connectivity index (χ0v) is 15.1. The predicted octanol–water partition coefficient (Wildman–Crippen LogP) is 2.53. The third kappa shape index (κ3) is 4.77. The number of nitrogens with zero attached hydrogens (tertiary/aromatic N) is 2. The van der Waals surface area contributed by atoms with Gasteiger partial charge in [0.1, 0.15) is 0 Å². The SMILES string of the molecule is CCN(Cc1ccc(Br)s1)C(=O)CN1CCC(N)C(C)C1. The summed E-state index contributed by atoms with van der Waals surface area (Å²) in [7, 11) is 0. The van der Waals surface area contributed by atoms with Gasteiger partial charge in [-0.25, -0.2) is 0 Å². The summed E-state index contributed by atoms with van der Waals surface area (Å²) in [6.45, 7) is 8.02. The van der Waals surface area contributed by atoms with Crippen molar-refractivity contribution in [3.8, 4) is 0 Å². The summed E-state index contributed by atoms with van der Waals surface area (Å²) in [6, 6.07) is 4.39. The van der Waals surface area contributed by atoms with Crippen molar-refractivity contribution in [3.05, 3.63) is 20.8 Å². The first-order valence-corrected chi connectivity index (χ1v) is 9.10. The zero-order chi connectivity index (χ0) is 15.4. The Balaban J connectivity index is 1.88. The average molecular weight is 374 g/mol. The van der Waals surface area contributed by atoms with Crippen molar-refractivity contribution in [2.24, 2.45) is 11.7 Å². The number of likely N-dealkylation sites (tertiary alicyclic amines) is 1. The minimum absolute atomic E-state index is 0.213. The Labute approximate surface area is 139 Å². The highest BCUT2D eigenvalue weighted by Crippen LogP contribution is 2.23. The lowest BCUT2D eigenvalue weighted by molar-refractivity contribution is -0.133. The van der Waals surface area contributed by atoms with E-state index in [0.29, 0.717) is 19.0 Å². The maximum absolute atomic E-state index is 12.5. The smallest absolute Gasteiger partial charge is 0.237 e. The Kier molecular flexibility index (Phi) is 6.22. The molecule has 21 heavy (non-hydrogen) atoms. The molecule has 4 nitrogen and oxygen atoms in total. The van der Waals surface area contributed by atoms with Crippen molar-refractivity contribution >= 4 is 33.2 Å². The van der Waals surface area contributed by atoms with E-state index in [1.165, 1.54) is 4.88 Å². The molecule has 1 aliphatic rings. The van der Waals surface area contributed by atoms with Crippen LogP contribution in [0.15, 0.2) is 15.9 Å². The second-order valence-electron chi connectivity index (χ2n) is 5.78. The number of hydrogen-bond donors (Lipinski definition) is 1. The number of amides is 1. The molecule has 0 bridgehead atoms. The summed E-state index contributed by atoms with van der Waals surface area (Å²) >= 11 is 5.16. The number of carbonyl (C=O) groups is 1. The summed E-state index contributed by atoms with van der Waals surface area (Å²) in [6.07, 6.45) is 0.985. The molecule has 0 spiro atoms. The van der Waals surface area contributed by atoms with Gasteiger partial charge in [0, 0.05) is 30.6 Å². The standard InChI is InChI=1S/C15H24BrN3OS/c1-3-19(9-12-4-5-14(16)21-12)15(20)10-18-7-6-13(17)11(2)8-18/h4-5,11,13H,3,6-10,17H2,1-2H3. The van der Waals surface area contributed by atoms with E-state index in [-0.39, 0.29) is 11.9 Å². The number of likely N-dealkylation sites (N-methyl/N-ethyl adjacent to an activating group) is 1. The maximum atomic E-state index is 12.5. The lowest BCUT2D eigenvalue weighted by Gasteiger charge is -2.35. The van der Waals surface area contributed by atoms with Gasteiger partial charge >= 0.3 is 0 Å². The van der Waals surface area contributed by atoms with Crippen molar-refractivity contribution in [1.29, 1.82) is 0 Å². The lowest BCUT2D eigenvalue weighted by atomic mass is 9.95. The van der Waals surface area contributed by atoms with E-state index in [9.17, 15) is 4.79 Å². The molecule has 0 aromatic carbocycles. The average Bonchev–Trinajstić information content (AvgIpc) is 2.85. The first-order valence-electron chi connectivity index (χ1n) is 7.49. The van der Waals surface area contributed by atoms with Gasteiger partial charge in [-0.15, -0.1) is 11.3 Å². The molecule has 1 aromatic rings. The fourth-order valence-corrected chi connectivity index (χ4v) is 4.19. The van der Waals surface area contributed by atoms with Gasteiger partial charge in [-0.2, -0.15) is 0 Å². The first kappa shape index (κ1) is 16.9. The molecular formula is C15H24BrN3OS. The normalized spacial score (nSPS) is 23.2. The molecule has 1 fully saturated rings. The molecule has 1 aliphatic heterocycles. The van der Waals surface area contributed by atoms with Crippen molar-refractivity contribution in [2.75, 3.05) is 26.2 Å². The largest absolute Gasteiger partial charge is 0.337 e. The van der Waals surface area contributed by atoms with Crippen LogP contribution in [0.25, 0.3) is 0 Å². The Hall–Kier alpha value is -0.430. The van der Waals surface area contributed by atoms with Crippen LogP contribution in [0, 0.1) is 5.92 Å². The Morgan fingerprint density at radius 2 is 2.33 bits per heavy atom. The van der Waals surface area contributed by atoms with Crippen LogP contribution in [0.2, 0.25) is 0 Å². The van der Waals surface area contributed by atoms with Crippen LogP contribution in [0.4, 0.5) is 0 Å². The van der Waals surface area contributed by atoms with E-state index in [1.54, 1.807) is 11.3 Å². The number of halogens is 1. The van der Waals surface area contributed by atoms with Gasteiger partial charge in [0.15, 0.2) is 0 Å². The molecule has 0 aliphatic carbocycles. The van der Waals surface area contributed by atoms with Crippen LogP contribution in [0.5, 0.6) is 0 Å². The van der Waals surface area contributed by atoms with Gasteiger partial charge in [0.25, 0.3) is 0 Å². The van der Waals surface area contributed by atoms with Gasteiger partial charge in [-0.3, -0.25) is 9.69 Å². The Morgan fingerprint density at radius 1 is 1.57 bits per heavy atom. The third-order valence-corrected chi connectivity index (χ3v) is 5.73. The zero-order valence-electron chi connectivity index (χ0n) is 12.7. The summed E-state index contributed by atoms with van der Waals surface area (Å²) < 4.78 is 1.11. The number of thiophene rings is 1. The van der Waals surface area contributed by atoms with Gasteiger partial charge < -0.3 is 10.6 Å². The molecule has 0 saturated carbocycles. The first-order chi connectivity index (χ1) is 9.99. The fraction of sp³-hybridized carbons (Fsp3) is 0.667. The maximum Gasteiger partial charge on any atom is 0.237 e. The summed E-state index contributed by atoms with van der Waals surface area (Å²) in [5.41, 5.74) is 6.04. The molecule has 1 amide bonds. The minimum atomic E-state index is 0.213. The molecule has 2 rings (SSSR count). The van der Waals surface area contributed by atoms with Crippen LogP contribution in [-0.4, -0.2) is 47.9 Å². The highest BCUT2D eigenvalue weighted by Gasteiger charge is 2.25. The van der Waals surface area contributed by atoms with Crippen molar-refractivity contribution in [2.45, 2.75) is 32.9 Å². The lowest BCUT2D eigenvalue weighted by Crippen LogP contribution is -2.49. The van der Waals surface area contributed by atoms with E-state index in [0.717, 1.165) is 29.8 Å². The second kappa shape index (κ2) is 7.72. The van der Waals surface area contributed by atoms with Crippen LogP contribution >= 0.6 is 27.3 Å². The minimum Gasteiger partial charge on any atom is -0.337 e. The Morgan fingerprint density at radius 3 is 2.90 bits per heavy atom. The van der Waals surface area contributed by atoms with Crippen LogP contribution < -0.4 is 5.73 Å². The van der Waals surface area contributed by atoms with E-state index in [4.69, 9.17) is 5.73 Å². The fourth-order valence-electron chi connectivity index (χ4n) is 2.69. The quantitative estimate of drug-likeness (QED) is 0.862. The number of piperidine rings is 1. The van der Waals surface area contributed by atoms with Crippen molar-refractivity contribution < 1.29 is 4.79 Å². The molecule has 2 atom stereocenters.